The van der Waals surface area contributed by atoms with Gasteiger partial charge in [0.25, 0.3) is 0 Å². The zero-order valence-corrected chi connectivity index (χ0v) is 15.6. The topological polar surface area (TPSA) is 66.9 Å². The molecular weight excluding hydrogens is 367 g/mol. The largest absolute Gasteiger partial charge is 0.326 e. The van der Waals surface area contributed by atoms with E-state index in [1.807, 2.05) is 37.3 Å². The van der Waals surface area contributed by atoms with Gasteiger partial charge in [-0.2, -0.15) is 0 Å². The number of aromatic nitrogens is 2. The fourth-order valence-electron chi connectivity index (χ4n) is 2.19. The normalized spacial score (nSPS) is 14.5. The van der Waals surface area contributed by atoms with E-state index >= 15 is 0 Å². The molecule has 0 saturated carbocycles. The monoisotopic (exact) mass is 386 g/mol. The van der Waals surface area contributed by atoms with Crippen LogP contribution in [-0.4, -0.2) is 29.0 Å². The minimum Gasteiger partial charge on any atom is -0.326 e. The van der Waals surface area contributed by atoms with Gasteiger partial charge in [-0.1, -0.05) is 24.8 Å². The lowest BCUT2D eigenvalue weighted by Gasteiger charge is -2.31. The summed E-state index contributed by atoms with van der Waals surface area (Å²) in [6.45, 7) is 3.82. The van der Waals surface area contributed by atoms with E-state index in [-0.39, 0.29) is 36.6 Å². The van der Waals surface area contributed by atoms with Crippen LogP contribution in [0.1, 0.15) is 6.92 Å². The molecule has 0 bridgehead atoms. The van der Waals surface area contributed by atoms with Crippen molar-refractivity contribution in [1.29, 1.82) is 0 Å². The molecular formula is C16H20Cl2N4OS. The lowest BCUT2D eigenvalue weighted by atomic mass is 9.88. The molecule has 24 heavy (non-hydrogen) atoms. The molecule has 0 aromatic carbocycles. The van der Waals surface area contributed by atoms with Gasteiger partial charge in [0.05, 0.1) is 0 Å². The van der Waals surface area contributed by atoms with Crippen LogP contribution in [0.25, 0.3) is 0 Å². The Balaban J connectivity index is 0.00000144. The highest BCUT2D eigenvalue weighted by Crippen LogP contribution is 2.26. The fourth-order valence-corrected chi connectivity index (χ4v) is 2.97. The van der Waals surface area contributed by atoms with Crippen molar-refractivity contribution in [2.24, 2.45) is 11.8 Å². The van der Waals surface area contributed by atoms with Crippen LogP contribution >= 0.6 is 36.6 Å². The van der Waals surface area contributed by atoms with E-state index in [0.29, 0.717) is 5.92 Å². The second-order valence-corrected chi connectivity index (χ2v) is 6.39. The van der Waals surface area contributed by atoms with Gasteiger partial charge in [-0.15, -0.1) is 24.8 Å². The molecule has 0 aliphatic carbocycles. The van der Waals surface area contributed by atoms with Gasteiger partial charge >= 0.3 is 0 Å². The predicted octanol–water partition coefficient (Wildman–Crippen LogP) is 3.27. The Morgan fingerprint density at radius 2 is 1.96 bits per heavy atom. The van der Waals surface area contributed by atoms with Crippen LogP contribution in [-0.2, 0) is 4.79 Å². The maximum atomic E-state index is 12.2. The van der Waals surface area contributed by atoms with Gasteiger partial charge in [-0.25, -0.2) is 9.97 Å². The lowest BCUT2D eigenvalue weighted by molar-refractivity contribution is -0.121. The summed E-state index contributed by atoms with van der Waals surface area (Å²) in [4.78, 5) is 20.8. The molecule has 1 saturated heterocycles. The van der Waals surface area contributed by atoms with Gasteiger partial charge in [0.1, 0.15) is 10.1 Å². The molecule has 8 heteroatoms. The number of carbonyl (C=O) groups excluding carboxylic acids is 1. The minimum atomic E-state index is 0. The first-order valence-corrected chi connectivity index (χ1v) is 8.10. The summed E-state index contributed by atoms with van der Waals surface area (Å²) in [6, 6.07) is 9.44. The van der Waals surface area contributed by atoms with Crippen LogP contribution in [0.5, 0.6) is 0 Å². The zero-order chi connectivity index (χ0) is 15.4. The molecule has 1 fully saturated rings. The maximum absolute atomic E-state index is 12.2. The van der Waals surface area contributed by atoms with Crippen molar-refractivity contribution in [3.8, 4) is 0 Å². The molecule has 1 aliphatic rings. The second-order valence-electron chi connectivity index (χ2n) is 5.35. The average Bonchev–Trinajstić information content (AvgIpc) is 2.47. The standard InChI is InChI=1S/C16H18N4OS.2ClH/c1-11(12-9-17-10-12)16(21)20-13-5-7-19-15(8-13)22-14-4-2-3-6-18-14;;/h2-8,11-12,17H,9-10H2,1H3,(H,19,20,21);2*1H. The molecule has 2 N–H and O–H groups in total. The molecule has 5 nitrogen and oxygen atoms in total. The molecule has 2 aromatic rings. The van der Waals surface area contributed by atoms with E-state index < -0.39 is 0 Å². The Labute approximate surface area is 158 Å². The number of hydrogen-bond acceptors (Lipinski definition) is 5. The molecule has 3 rings (SSSR count). The van der Waals surface area contributed by atoms with E-state index in [1.165, 1.54) is 11.8 Å². The smallest absolute Gasteiger partial charge is 0.227 e. The third kappa shape index (κ3) is 5.34. The van der Waals surface area contributed by atoms with Crippen LogP contribution in [0.15, 0.2) is 52.8 Å². The Kier molecular flexibility index (Phi) is 8.48. The van der Waals surface area contributed by atoms with Crippen molar-refractivity contribution in [3.05, 3.63) is 42.7 Å². The average molecular weight is 387 g/mol. The van der Waals surface area contributed by atoms with Crippen molar-refractivity contribution < 1.29 is 4.79 Å². The first-order chi connectivity index (χ1) is 10.7. The van der Waals surface area contributed by atoms with Gasteiger partial charge in [0, 0.05) is 24.0 Å². The number of rotatable bonds is 5. The lowest BCUT2D eigenvalue weighted by Crippen LogP contribution is -2.48. The highest BCUT2D eigenvalue weighted by Gasteiger charge is 2.28. The molecule has 0 spiro atoms. The Hall–Kier alpha value is -1.34. The molecule has 2 aromatic heterocycles. The summed E-state index contributed by atoms with van der Waals surface area (Å²) >= 11 is 1.48. The zero-order valence-electron chi connectivity index (χ0n) is 13.1. The molecule has 1 aliphatic heterocycles. The van der Waals surface area contributed by atoms with Crippen molar-refractivity contribution in [3.63, 3.8) is 0 Å². The van der Waals surface area contributed by atoms with Gasteiger partial charge in [-0.3, -0.25) is 4.79 Å². The third-order valence-electron chi connectivity index (χ3n) is 3.78. The van der Waals surface area contributed by atoms with Crippen LogP contribution in [0.2, 0.25) is 0 Å². The van der Waals surface area contributed by atoms with Crippen LogP contribution in [0.3, 0.4) is 0 Å². The molecule has 1 unspecified atom stereocenters. The van der Waals surface area contributed by atoms with Gasteiger partial charge in [0.15, 0.2) is 0 Å². The van der Waals surface area contributed by atoms with Gasteiger partial charge in [0.2, 0.25) is 5.91 Å². The summed E-state index contributed by atoms with van der Waals surface area (Å²) < 4.78 is 0. The van der Waals surface area contributed by atoms with E-state index in [0.717, 1.165) is 28.8 Å². The maximum Gasteiger partial charge on any atom is 0.227 e. The molecule has 0 radical (unpaired) electrons. The minimum absolute atomic E-state index is 0. The van der Waals surface area contributed by atoms with Crippen molar-refractivity contribution >= 4 is 48.2 Å². The van der Waals surface area contributed by atoms with Crippen LogP contribution < -0.4 is 10.6 Å². The number of nitrogens with zero attached hydrogens (tertiary/aromatic N) is 2. The fraction of sp³-hybridized carbons (Fsp3) is 0.312. The highest BCUT2D eigenvalue weighted by molar-refractivity contribution is 7.99. The van der Waals surface area contributed by atoms with Crippen molar-refractivity contribution in [1.82, 2.24) is 15.3 Å². The Morgan fingerprint density at radius 1 is 1.21 bits per heavy atom. The quantitative estimate of drug-likeness (QED) is 0.825. The number of nitrogens with one attached hydrogen (secondary N) is 2. The first kappa shape index (κ1) is 20.7. The highest BCUT2D eigenvalue weighted by atomic mass is 35.5. The van der Waals surface area contributed by atoms with Gasteiger partial charge in [-0.05, 0) is 43.3 Å². The van der Waals surface area contributed by atoms with Gasteiger partial charge < -0.3 is 10.6 Å². The van der Waals surface area contributed by atoms with Crippen LogP contribution in [0.4, 0.5) is 5.69 Å². The summed E-state index contributed by atoms with van der Waals surface area (Å²) in [5.74, 6) is 0.511. The van der Waals surface area contributed by atoms with E-state index in [2.05, 4.69) is 20.6 Å². The van der Waals surface area contributed by atoms with Crippen LogP contribution in [0, 0.1) is 11.8 Å². The van der Waals surface area contributed by atoms with Crippen molar-refractivity contribution in [2.45, 2.75) is 17.0 Å². The predicted molar refractivity (Wildman–Crippen MR) is 101 cm³/mol. The summed E-state index contributed by atoms with van der Waals surface area (Å²) in [7, 11) is 0. The summed E-state index contributed by atoms with van der Waals surface area (Å²) in [5.41, 5.74) is 0.776. The second kappa shape index (κ2) is 9.84. The Morgan fingerprint density at radius 3 is 2.58 bits per heavy atom. The Bertz CT molecular complexity index is 656. The van der Waals surface area contributed by atoms with E-state index in [4.69, 9.17) is 0 Å². The molecule has 1 atom stereocenters. The summed E-state index contributed by atoms with van der Waals surface area (Å²) in [6.07, 6.45) is 3.46. The molecule has 3 heterocycles. The third-order valence-corrected chi connectivity index (χ3v) is 4.67. The number of amides is 1. The van der Waals surface area contributed by atoms with E-state index in [1.54, 1.807) is 12.4 Å². The molecule has 130 valence electrons. The number of carbonyl (C=O) groups is 1. The van der Waals surface area contributed by atoms with Crippen molar-refractivity contribution in [2.75, 3.05) is 18.4 Å². The SMILES string of the molecule is CC(C(=O)Nc1ccnc(Sc2ccccn2)c1)C1CNC1.Cl.Cl. The summed E-state index contributed by atoms with van der Waals surface area (Å²) in [5, 5.41) is 7.87. The number of anilines is 1. The number of pyridine rings is 2. The first-order valence-electron chi connectivity index (χ1n) is 7.29. The van der Waals surface area contributed by atoms with E-state index in [9.17, 15) is 4.79 Å². The number of hydrogen-bond donors (Lipinski definition) is 2. The number of halogens is 2. The molecule has 1 amide bonds.